The summed E-state index contributed by atoms with van der Waals surface area (Å²) >= 11 is 7.11. The third-order valence-electron chi connectivity index (χ3n) is 1.19. The Bertz CT molecular complexity index is 345. The summed E-state index contributed by atoms with van der Waals surface area (Å²) in [6.07, 6.45) is 0. The van der Waals surface area contributed by atoms with Gasteiger partial charge in [0.15, 0.2) is 0 Å². The van der Waals surface area contributed by atoms with Crippen molar-refractivity contribution in [3.8, 4) is 0 Å². The standard InChI is InChI=1S/C6H2ClFINO2/c7-3-1-5(9)6(10(11)12)2-4(3)8/h1-2H. The lowest BCUT2D eigenvalue weighted by molar-refractivity contribution is -0.386. The Balaban J connectivity index is 3.33. The van der Waals surface area contributed by atoms with E-state index in [2.05, 4.69) is 0 Å². The zero-order chi connectivity index (χ0) is 9.30. The van der Waals surface area contributed by atoms with Crippen molar-refractivity contribution < 1.29 is 9.31 Å². The molecule has 1 aromatic rings. The van der Waals surface area contributed by atoms with Gasteiger partial charge < -0.3 is 0 Å². The molecule has 1 aromatic carbocycles. The van der Waals surface area contributed by atoms with Gasteiger partial charge in [0.05, 0.1) is 19.6 Å². The Kier molecular flexibility index (Phi) is 2.84. The maximum absolute atomic E-state index is 12.7. The normalized spacial score (nSPS) is 9.92. The molecule has 0 fully saturated rings. The summed E-state index contributed by atoms with van der Waals surface area (Å²) in [5, 5.41) is 10.2. The summed E-state index contributed by atoms with van der Waals surface area (Å²) in [7, 11) is 0. The van der Waals surface area contributed by atoms with E-state index in [0.29, 0.717) is 3.57 Å². The van der Waals surface area contributed by atoms with Gasteiger partial charge in [0.2, 0.25) is 0 Å². The van der Waals surface area contributed by atoms with Crippen LogP contribution in [0.4, 0.5) is 10.1 Å². The molecular formula is C6H2ClFINO2. The maximum Gasteiger partial charge on any atom is 0.285 e. The first-order valence-corrected chi connectivity index (χ1v) is 4.27. The molecule has 3 nitrogen and oxygen atoms in total. The quantitative estimate of drug-likeness (QED) is 0.346. The van der Waals surface area contributed by atoms with Gasteiger partial charge in [0, 0.05) is 0 Å². The van der Waals surface area contributed by atoms with Crippen molar-refractivity contribution in [2.45, 2.75) is 0 Å². The fourth-order valence-corrected chi connectivity index (χ4v) is 1.66. The fourth-order valence-electron chi connectivity index (χ4n) is 0.652. The molecule has 0 amide bonds. The van der Waals surface area contributed by atoms with Crippen LogP contribution in [0.5, 0.6) is 0 Å². The second-order valence-electron chi connectivity index (χ2n) is 1.97. The van der Waals surface area contributed by atoms with E-state index < -0.39 is 10.7 Å². The van der Waals surface area contributed by atoms with E-state index in [-0.39, 0.29) is 10.7 Å². The highest BCUT2D eigenvalue weighted by atomic mass is 127. The van der Waals surface area contributed by atoms with Gasteiger partial charge in [-0.05, 0) is 28.7 Å². The molecule has 12 heavy (non-hydrogen) atoms. The molecule has 0 aliphatic heterocycles. The van der Waals surface area contributed by atoms with Gasteiger partial charge in [-0.15, -0.1) is 0 Å². The lowest BCUT2D eigenvalue weighted by Gasteiger charge is -1.96. The van der Waals surface area contributed by atoms with Crippen molar-refractivity contribution in [2.75, 3.05) is 0 Å². The van der Waals surface area contributed by atoms with Crippen molar-refractivity contribution >= 4 is 39.9 Å². The molecule has 0 aliphatic rings. The molecule has 0 saturated heterocycles. The van der Waals surface area contributed by atoms with E-state index in [1.165, 1.54) is 6.07 Å². The highest BCUT2D eigenvalue weighted by Crippen LogP contribution is 2.26. The monoisotopic (exact) mass is 301 g/mol. The third kappa shape index (κ3) is 1.84. The molecule has 0 bridgehead atoms. The molecule has 0 heterocycles. The van der Waals surface area contributed by atoms with Crippen LogP contribution in [0, 0.1) is 19.5 Å². The molecule has 0 spiro atoms. The lowest BCUT2D eigenvalue weighted by atomic mass is 10.3. The van der Waals surface area contributed by atoms with Gasteiger partial charge in [-0.25, -0.2) is 4.39 Å². The average Bonchev–Trinajstić information content (AvgIpc) is 1.96. The van der Waals surface area contributed by atoms with Crippen LogP contribution in [0.3, 0.4) is 0 Å². The Morgan fingerprint density at radius 1 is 1.58 bits per heavy atom. The molecule has 64 valence electrons. The summed E-state index contributed by atoms with van der Waals surface area (Å²) in [6.45, 7) is 0. The second kappa shape index (κ2) is 3.53. The van der Waals surface area contributed by atoms with Gasteiger partial charge in [-0.1, -0.05) is 11.6 Å². The molecule has 0 N–H and O–H groups in total. The van der Waals surface area contributed by atoms with Crippen LogP contribution < -0.4 is 0 Å². The van der Waals surface area contributed by atoms with Crippen molar-refractivity contribution in [3.63, 3.8) is 0 Å². The van der Waals surface area contributed by atoms with E-state index in [0.717, 1.165) is 6.07 Å². The first-order valence-electron chi connectivity index (χ1n) is 2.81. The minimum absolute atomic E-state index is 0.106. The van der Waals surface area contributed by atoms with Crippen LogP contribution in [-0.2, 0) is 0 Å². The second-order valence-corrected chi connectivity index (χ2v) is 3.54. The molecule has 0 aromatic heterocycles. The molecule has 0 atom stereocenters. The van der Waals surface area contributed by atoms with E-state index in [9.17, 15) is 14.5 Å². The largest absolute Gasteiger partial charge is 0.285 e. The summed E-state index contributed by atoms with van der Waals surface area (Å²) in [6, 6.07) is 2.03. The highest BCUT2D eigenvalue weighted by Gasteiger charge is 2.15. The topological polar surface area (TPSA) is 43.1 Å². The Morgan fingerprint density at radius 3 is 2.67 bits per heavy atom. The van der Waals surface area contributed by atoms with Crippen LogP contribution in [0.1, 0.15) is 0 Å². The van der Waals surface area contributed by atoms with Crippen molar-refractivity contribution in [1.29, 1.82) is 0 Å². The molecule has 0 aliphatic carbocycles. The number of benzene rings is 1. The molecule has 0 unspecified atom stereocenters. The number of hydrogen-bond acceptors (Lipinski definition) is 2. The number of nitro benzene ring substituents is 1. The van der Waals surface area contributed by atoms with E-state index in [1.807, 2.05) is 0 Å². The van der Waals surface area contributed by atoms with Crippen LogP contribution in [-0.4, -0.2) is 4.92 Å². The number of nitro groups is 1. The van der Waals surface area contributed by atoms with Gasteiger partial charge in [-0.3, -0.25) is 10.1 Å². The van der Waals surface area contributed by atoms with Gasteiger partial charge in [-0.2, -0.15) is 0 Å². The van der Waals surface area contributed by atoms with Gasteiger partial charge >= 0.3 is 0 Å². The predicted octanol–water partition coefficient (Wildman–Crippen LogP) is 2.99. The van der Waals surface area contributed by atoms with Gasteiger partial charge in [0.1, 0.15) is 5.82 Å². The number of nitrogens with zero attached hydrogens (tertiary/aromatic N) is 1. The lowest BCUT2D eigenvalue weighted by Crippen LogP contribution is -1.92. The molecule has 0 saturated carbocycles. The zero-order valence-electron chi connectivity index (χ0n) is 5.55. The smallest absolute Gasteiger partial charge is 0.258 e. The Morgan fingerprint density at radius 2 is 2.17 bits per heavy atom. The SMILES string of the molecule is O=[N+]([O-])c1cc(F)c(Cl)cc1I. The molecule has 6 heteroatoms. The Labute approximate surface area is 85.8 Å². The summed E-state index contributed by atoms with van der Waals surface area (Å²) in [5.74, 6) is -0.774. The van der Waals surface area contributed by atoms with Crippen molar-refractivity contribution in [1.82, 2.24) is 0 Å². The Hall–Kier alpha value is -0.430. The summed E-state index contributed by atoms with van der Waals surface area (Å²) in [5.41, 5.74) is -0.266. The number of rotatable bonds is 1. The van der Waals surface area contributed by atoms with Crippen molar-refractivity contribution in [2.24, 2.45) is 0 Å². The minimum Gasteiger partial charge on any atom is -0.258 e. The van der Waals surface area contributed by atoms with Crippen LogP contribution >= 0.6 is 34.2 Å². The summed E-state index contributed by atoms with van der Waals surface area (Å²) < 4.78 is 13.0. The van der Waals surface area contributed by atoms with E-state index in [4.69, 9.17) is 11.6 Å². The first-order chi connectivity index (χ1) is 5.52. The molecular weight excluding hydrogens is 299 g/mol. The zero-order valence-corrected chi connectivity index (χ0v) is 8.47. The predicted molar refractivity (Wildman–Crippen MR) is 50.8 cm³/mol. The number of hydrogen-bond donors (Lipinski definition) is 0. The third-order valence-corrected chi connectivity index (χ3v) is 2.34. The minimum atomic E-state index is -0.774. The van der Waals surface area contributed by atoms with E-state index in [1.54, 1.807) is 22.6 Å². The average molecular weight is 301 g/mol. The van der Waals surface area contributed by atoms with Crippen LogP contribution in [0.15, 0.2) is 12.1 Å². The molecule has 0 radical (unpaired) electrons. The fraction of sp³-hybridized carbons (Fsp3) is 0. The molecule has 1 rings (SSSR count). The highest BCUT2D eigenvalue weighted by molar-refractivity contribution is 14.1. The maximum atomic E-state index is 12.7. The van der Waals surface area contributed by atoms with Gasteiger partial charge in [0.25, 0.3) is 5.69 Å². The van der Waals surface area contributed by atoms with E-state index >= 15 is 0 Å². The first kappa shape index (κ1) is 9.66. The van der Waals surface area contributed by atoms with Crippen molar-refractivity contribution in [3.05, 3.63) is 36.7 Å². The van der Waals surface area contributed by atoms with Crippen LogP contribution in [0.2, 0.25) is 5.02 Å². The van der Waals surface area contributed by atoms with Crippen LogP contribution in [0.25, 0.3) is 0 Å². The number of halogens is 3. The summed E-state index contributed by atoms with van der Waals surface area (Å²) in [4.78, 5) is 9.62.